The summed E-state index contributed by atoms with van der Waals surface area (Å²) >= 11 is 0. The van der Waals surface area contributed by atoms with Crippen molar-refractivity contribution in [3.8, 4) is 0 Å². The molecule has 0 N–H and O–H groups in total. The maximum absolute atomic E-state index is 12.6. The van der Waals surface area contributed by atoms with Crippen LogP contribution in [0.2, 0.25) is 0 Å². The maximum atomic E-state index is 12.6. The number of aryl methyl sites for hydroxylation is 1. The molecule has 2 aromatic heterocycles. The Kier molecular flexibility index (Phi) is 5.83. The van der Waals surface area contributed by atoms with Gasteiger partial charge in [0.15, 0.2) is 5.82 Å². The molecule has 4 heterocycles. The third kappa shape index (κ3) is 4.44. The van der Waals surface area contributed by atoms with E-state index in [0.29, 0.717) is 19.5 Å². The van der Waals surface area contributed by atoms with Gasteiger partial charge in [0.25, 0.3) is 0 Å². The largest absolute Gasteiger partial charge is 0.338 e. The summed E-state index contributed by atoms with van der Waals surface area (Å²) in [5.74, 6) is 0.997. The molecule has 2 aliphatic rings. The van der Waals surface area contributed by atoms with Gasteiger partial charge in [-0.15, -0.1) is 0 Å². The Bertz CT molecular complexity index is 886. The van der Waals surface area contributed by atoms with E-state index in [1.54, 1.807) is 13.1 Å². The van der Waals surface area contributed by atoms with Gasteiger partial charge < -0.3 is 9.80 Å². The summed E-state index contributed by atoms with van der Waals surface area (Å²) < 4.78 is 0. The van der Waals surface area contributed by atoms with E-state index < -0.39 is 0 Å². The van der Waals surface area contributed by atoms with Gasteiger partial charge in [-0.3, -0.25) is 14.6 Å². The van der Waals surface area contributed by atoms with Gasteiger partial charge in [-0.05, 0) is 37.8 Å². The van der Waals surface area contributed by atoms with Gasteiger partial charge in [-0.25, -0.2) is 9.97 Å². The van der Waals surface area contributed by atoms with Crippen molar-refractivity contribution < 1.29 is 9.59 Å². The highest BCUT2D eigenvalue weighted by molar-refractivity contribution is 5.76. The quantitative estimate of drug-likeness (QED) is 0.780. The lowest BCUT2D eigenvalue weighted by Crippen LogP contribution is -2.37. The molecule has 2 amide bonds. The number of pyridine rings is 1. The average Bonchev–Trinajstić information content (AvgIpc) is 3.24. The van der Waals surface area contributed by atoms with E-state index >= 15 is 0 Å². The fourth-order valence-electron chi connectivity index (χ4n) is 4.24. The van der Waals surface area contributed by atoms with E-state index in [9.17, 15) is 9.59 Å². The van der Waals surface area contributed by atoms with Gasteiger partial charge in [-0.1, -0.05) is 6.07 Å². The fraction of sp³-hybridized carbons (Fsp3) is 0.500. The number of carbonyl (C=O) groups excluding carboxylic acids is 2. The number of nitrogens with zero attached hydrogens (tertiary/aromatic N) is 5. The highest BCUT2D eigenvalue weighted by Crippen LogP contribution is 2.30. The van der Waals surface area contributed by atoms with Gasteiger partial charge in [0.2, 0.25) is 11.8 Å². The van der Waals surface area contributed by atoms with E-state index in [-0.39, 0.29) is 17.9 Å². The van der Waals surface area contributed by atoms with Crippen molar-refractivity contribution in [1.82, 2.24) is 24.8 Å². The molecule has 2 aliphatic heterocycles. The summed E-state index contributed by atoms with van der Waals surface area (Å²) in [5, 5.41) is 0. The first-order chi connectivity index (χ1) is 14.1. The standard InChI is InChI=1S/C22H27N5O2/c1-16(28)27-12-5-8-20(27)22-24-14-17-15-26(13-10-19(17)25-22)21(29)9-4-7-18-6-2-3-11-23-18/h2-3,6,11,14,20H,4-5,7-10,12-13,15H2,1H3. The summed E-state index contributed by atoms with van der Waals surface area (Å²) in [7, 11) is 0. The van der Waals surface area contributed by atoms with Crippen LogP contribution in [0.15, 0.2) is 30.6 Å². The topological polar surface area (TPSA) is 79.3 Å². The SMILES string of the molecule is CC(=O)N1CCCC1c1ncc2c(n1)CCN(C(=O)CCCc1ccccn1)C2. The van der Waals surface area contributed by atoms with Crippen LogP contribution in [0, 0.1) is 0 Å². The van der Waals surface area contributed by atoms with Crippen LogP contribution in [-0.4, -0.2) is 49.7 Å². The van der Waals surface area contributed by atoms with Crippen molar-refractivity contribution in [2.24, 2.45) is 0 Å². The lowest BCUT2D eigenvalue weighted by atomic mass is 10.1. The average molecular weight is 393 g/mol. The Labute approximate surface area is 171 Å². The van der Waals surface area contributed by atoms with Crippen LogP contribution in [0.1, 0.15) is 61.4 Å². The summed E-state index contributed by atoms with van der Waals surface area (Å²) in [6.07, 6.45) is 8.43. The van der Waals surface area contributed by atoms with E-state index in [2.05, 4.69) is 9.97 Å². The van der Waals surface area contributed by atoms with Crippen molar-refractivity contribution in [2.75, 3.05) is 13.1 Å². The first-order valence-electron chi connectivity index (χ1n) is 10.4. The Morgan fingerprint density at radius 2 is 2.10 bits per heavy atom. The van der Waals surface area contributed by atoms with Crippen LogP contribution < -0.4 is 0 Å². The molecular weight excluding hydrogens is 366 g/mol. The Hall–Kier alpha value is -2.83. The summed E-state index contributed by atoms with van der Waals surface area (Å²) in [6.45, 7) is 3.64. The molecule has 4 rings (SSSR count). The number of hydrogen-bond donors (Lipinski definition) is 0. The predicted octanol–water partition coefficient (Wildman–Crippen LogP) is 2.46. The first kappa shape index (κ1) is 19.5. The smallest absolute Gasteiger partial charge is 0.222 e. The van der Waals surface area contributed by atoms with Crippen LogP contribution in [0.4, 0.5) is 0 Å². The molecule has 0 radical (unpaired) electrons. The molecule has 7 heteroatoms. The molecule has 2 aromatic rings. The van der Waals surface area contributed by atoms with Gasteiger partial charge in [-0.2, -0.15) is 0 Å². The Morgan fingerprint density at radius 3 is 2.90 bits per heavy atom. The summed E-state index contributed by atoms with van der Waals surface area (Å²) in [4.78, 5) is 41.8. The predicted molar refractivity (Wildman–Crippen MR) is 108 cm³/mol. The monoisotopic (exact) mass is 393 g/mol. The number of rotatable bonds is 5. The van der Waals surface area contributed by atoms with E-state index in [1.807, 2.05) is 34.2 Å². The van der Waals surface area contributed by atoms with Crippen LogP contribution in [-0.2, 0) is 29.0 Å². The van der Waals surface area contributed by atoms with Crippen molar-refractivity contribution >= 4 is 11.8 Å². The van der Waals surface area contributed by atoms with Crippen LogP contribution in [0.25, 0.3) is 0 Å². The van der Waals surface area contributed by atoms with Crippen molar-refractivity contribution in [1.29, 1.82) is 0 Å². The van der Waals surface area contributed by atoms with Gasteiger partial charge in [0.1, 0.15) is 0 Å². The van der Waals surface area contributed by atoms with E-state index in [1.165, 1.54) is 0 Å². The second-order valence-electron chi connectivity index (χ2n) is 7.81. The van der Waals surface area contributed by atoms with Gasteiger partial charge in [0.05, 0.1) is 11.7 Å². The van der Waals surface area contributed by atoms with Crippen molar-refractivity contribution in [3.05, 3.63) is 53.4 Å². The fourth-order valence-corrected chi connectivity index (χ4v) is 4.24. The molecule has 1 fully saturated rings. The van der Waals surface area contributed by atoms with Gasteiger partial charge >= 0.3 is 0 Å². The third-order valence-corrected chi connectivity index (χ3v) is 5.81. The minimum Gasteiger partial charge on any atom is -0.338 e. The molecular formula is C22H27N5O2. The second kappa shape index (κ2) is 8.68. The molecule has 1 unspecified atom stereocenters. The molecule has 152 valence electrons. The highest BCUT2D eigenvalue weighted by atomic mass is 16.2. The van der Waals surface area contributed by atoms with Crippen molar-refractivity contribution in [2.45, 2.75) is 58.0 Å². The minimum absolute atomic E-state index is 0.0101. The molecule has 7 nitrogen and oxygen atoms in total. The molecule has 0 spiro atoms. The molecule has 1 atom stereocenters. The zero-order valence-corrected chi connectivity index (χ0v) is 16.9. The number of fused-ring (bicyclic) bond motifs is 1. The molecule has 0 bridgehead atoms. The van der Waals surface area contributed by atoms with Crippen LogP contribution in [0.5, 0.6) is 0 Å². The second-order valence-corrected chi connectivity index (χ2v) is 7.81. The summed E-state index contributed by atoms with van der Waals surface area (Å²) in [6, 6.07) is 5.86. The zero-order chi connectivity index (χ0) is 20.2. The highest BCUT2D eigenvalue weighted by Gasteiger charge is 2.31. The first-order valence-corrected chi connectivity index (χ1v) is 10.4. The maximum Gasteiger partial charge on any atom is 0.222 e. The lowest BCUT2D eigenvalue weighted by molar-refractivity contribution is -0.132. The van der Waals surface area contributed by atoms with E-state index in [4.69, 9.17) is 4.98 Å². The molecule has 0 saturated carbocycles. The molecule has 29 heavy (non-hydrogen) atoms. The van der Waals surface area contributed by atoms with Crippen LogP contribution >= 0.6 is 0 Å². The third-order valence-electron chi connectivity index (χ3n) is 5.81. The van der Waals surface area contributed by atoms with Crippen molar-refractivity contribution in [3.63, 3.8) is 0 Å². The normalized spacial score (nSPS) is 18.6. The summed E-state index contributed by atoms with van der Waals surface area (Å²) in [5.41, 5.74) is 3.06. The molecule has 1 saturated heterocycles. The number of likely N-dealkylation sites (tertiary alicyclic amines) is 1. The number of carbonyl (C=O) groups is 2. The Morgan fingerprint density at radius 1 is 1.21 bits per heavy atom. The molecule has 0 aliphatic carbocycles. The van der Waals surface area contributed by atoms with E-state index in [0.717, 1.165) is 61.4 Å². The number of amides is 2. The molecule has 0 aromatic carbocycles. The minimum atomic E-state index is -0.0101. The number of aromatic nitrogens is 3. The van der Waals surface area contributed by atoms with Crippen LogP contribution in [0.3, 0.4) is 0 Å². The van der Waals surface area contributed by atoms with Gasteiger partial charge in [0, 0.05) is 63.1 Å². The Balaban J connectivity index is 1.35. The number of hydrogen-bond acceptors (Lipinski definition) is 5. The lowest BCUT2D eigenvalue weighted by Gasteiger charge is -2.29. The zero-order valence-electron chi connectivity index (χ0n) is 16.9.